The van der Waals surface area contributed by atoms with Crippen molar-refractivity contribution < 1.29 is 19.1 Å². The van der Waals surface area contributed by atoms with Gasteiger partial charge >= 0.3 is 5.97 Å². The first-order valence-electron chi connectivity index (χ1n) is 8.38. The molecule has 2 amide bonds. The zero-order valence-corrected chi connectivity index (χ0v) is 16.8. The van der Waals surface area contributed by atoms with Crippen LogP contribution in [0.2, 0.25) is 5.15 Å². The van der Waals surface area contributed by atoms with E-state index in [-0.39, 0.29) is 16.3 Å². The molecule has 3 N–H and O–H groups in total. The van der Waals surface area contributed by atoms with E-state index in [0.717, 1.165) is 24.2 Å². The number of ether oxygens (including phenoxy) is 1. The summed E-state index contributed by atoms with van der Waals surface area (Å²) in [6, 6.07) is 1.51. The molecule has 27 heavy (non-hydrogen) atoms. The highest BCUT2D eigenvalue weighted by Gasteiger charge is 2.26. The topological polar surface area (TPSA) is 116 Å². The van der Waals surface area contributed by atoms with Gasteiger partial charge in [0.05, 0.1) is 11.3 Å². The molecule has 0 radical (unpaired) electrons. The number of carbonyl (C=O) groups excluding carboxylic acids is 3. The van der Waals surface area contributed by atoms with Gasteiger partial charge in [0.15, 0.2) is 6.10 Å². The van der Waals surface area contributed by atoms with E-state index in [4.69, 9.17) is 22.1 Å². The molecule has 2 aromatic rings. The fraction of sp³-hybridized carbons (Fsp3) is 0.412. The number of thiophene rings is 1. The van der Waals surface area contributed by atoms with Gasteiger partial charge in [0.1, 0.15) is 15.7 Å². The summed E-state index contributed by atoms with van der Waals surface area (Å²) in [6.07, 6.45) is 0.731. The zero-order valence-electron chi connectivity index (χ0n) is 15.2. The van der Waals surface area contributed by atoms with E-state index in [1.165, 1.54) is 13.0 Å². The van der Waals surface area contributed by atoms with Crippen molar-refractivity contribution in [2.24, 2.45) is 5.73 Å². The largest absolute Gasteiger partial charge is 0.449 e. The lowest BCUT2D eigenvalue weighted by Gasteiger charge is -2.13. The van der Waals surface area contributed by atoms with Crippen LogP contribution in [-0.4, -0.2) is 33.7 Å². The molecule has 0 saturated carbocycles. The minimum Gasteiger partial charge on any atom is -0.449 e. The Morgan fingerprint density at radius 1 is 1.44 bits per heavy atom. The summed E-state index contributed by atoms with van der Waals surface area (Å²) >= 11 is 7.39. The Labute approximate surface area is 165 Å². The number of halogens is 1. The van der Waals surface area contributed by atoms with E-state index in [0.29, 0.717) is 17.2 Å². The van der Waals surface area contributed by atoms with Gasteiger partial charge in [-0.3, -0.25) is 14.3 Å². The zero-order chi connectivity index (χ0) is 20.1. The molecule has 2 rings (SSSR count). The van der Waals surface area contributed by atoms with Crippen LogP contribution in [0, 0.1) is 6.92 Å². The molecule has 10 heteroatoms. The van der Waals surface area contributed by atoms with E-state index in [1.54, 1.807) is 17.0 Å². The summed E-state index contributed by atoms with van der Waals surface area (Å²) in [5, 5.41) is 8.90. The summed E-state index contributed by atoms with van der Waals surface area (Å²) in [4.78, 5) is 36.1. The quantitative estimate of drug-likeness (QED) is 0.646. The molecule has 0 aliphatic heterocycles. The van der Waals surface area contributed by atoms with Gasteiger partial charge in [0, 0.05) is 6.54 Å². The Morgan fingerprint density at radius 2 is 2.15 bits per heavy atom. The molecular formula is C17H21ClN4O4S. The van der Waals surface area contributed by atoms with Gasteiger partial charge in [-0.2, -0.15) is 5.10 Å². The van der Waals surface area contributed by atoms with Gasteiger partial charge in [0.25, 0.3) is 11.8 Å². The number of esters is 1. The number of nitrogens with one attached hydrogen (secondary N) is 1. The second-order valence-corrected chi connectivity index (χ2v) is 7.17. The fourth-order valence-electron chi connectivity index (χ4n) is 2.33. The van der Waals surface area contributed by atoms with Crippen molar-refractivity contribution in [1.29, 1.82) is 0 Å². The maximum atomic E-state index is 12.5. The molecule has 0 aromatic carbocycles. The minimum absolute atomic E-state index is 0.140. The van der Waals surface area contributed by atoms with Gasteiger partial charge in [0.2, 0.25) is 0 Å². The molecule has 0 spiro atoms. The Kier molecular flexibility index (Phi) is 6.98. The van der Waals surface area contributed by atoms with Crippen LogP contribution >= 0.6 is 22.9 Å². The Balaban J connectivity index is 2.07. The Bertz CT molecular complexity index is 861. The molecule has 8 nitrogen and oxygen atoms in total. The SMILES string of the molecule is CCCCn1nc(C)c(C(=O)O[C@H](C)C(=O)Nc2sccc2C(N)=O)c1Cl. The second-order valence-electron chi connectivity index (χ2n) is 5.89. The highest BCUT2D eigenvalue weighted by molar-refractivity contribution is 7.14. The minimum atomic E-state index is -1.10. The van der Waals surface area contributed by atoms with Crippen molar-refractivity contribution in [1.82, 2.24) is 9.78 Å². The van der Waals surface area contributed by atoms with Crippen molar-refractivity contribution in [2.75, 3.05) is 5.32 Å². The molecule has 0 saturated heterocycles. The summed E-state index contributed by atoms with van der Waals surface area (Å²) in [5.74, 6) is -1.97. The molecule has 2 aromatic heterocycles. The maximum absolute atomic E-state index is 12.5. The summed E-state index contributed by atoms with van der Waals surface area (Å²) in [5.41, 5.74) is 6.02. The highest BCUT2D eigenvalue weighted by atomic mass is 35.5. The second kappa shape index (κ2) is 9.01. The van der Waals surface area contributed by atoms with Gasteiger partial charge in [-0.15, -0.1) is 11.3 Å². The van der Waals surface area contributed by atoms with Crippen LogP contribution in [0.3, 0.4) is 0 Å². The first kappa shape index (κ1) is 20.9. The van der Waals surface area contributed by atoms with E-state index in [1.807, 2.05) is 6.92 Å². The number of aryl methyl sites for hydroxylation is 2. The smallest absolute Gasteiger partial charge is 0.343 e. The number of anilines is 1. The number of rotatable bonds is 8. The predicted octanol–water partition coefficient (Wildman–Crippen LogP) is 2.99. The molecule has 1 atom stereocenters. The number of nitrogens with zero attached hydrogens (tertiary/aromatic N) is 2. The summed E-state index contributed by atoms with van der Waals surface area (Å²) in [6.45, 7) is 5.71. The number of aromatic nitrogens is 2. The average Bonchev–Trinajstić information content (AvgIpc) is 3.17. The van der Waals surface area contributed by atoms with E-state index < -0.39 is 23.9 Å². The van der Waals surface area contributed by atoms with Crippen molar-refractivity contribution in [2.45, 2.75) is 46.3 Å². The molecule has 0 unspecified atom stereocenters. The first-order chi connectivity index (χ1) is 12.8. The molecule has 0 aliphatic rings. The normalized spacial score (nSPS) is 11.9. The third-order valence-electron chi connectivity index (χ3n) is 3.81. The average molecular weight is 413 g/mol. The number of hydrogen-bond donors (Lipinski definition) is 2. The van der Waals surface area contributed by atoms with Gasteiger partial charge in [-0.05, 0) is 31.7 Å². The number of hydrogen-bond acceptors (Lipinski definition) is 6. The van der Waals surface area contributed by atoms with Crippen molar-refractivity contribution in [3.63, 3.8) is 0 Å². The first-order valence-corrected chi connectivity index (χ1v) is 9.64. The monoisotopic (exact) mass is 412 g/mol. The van der Waals surface area contributed by atoms with Crippen molar-refractivity contribution in [3.8, 4) is 0 Å². The van der Waals surface area contributed by atoms with Crippen LogP contribution in [0.5, 0.6) is 0 Å². The molecular weight excluding hydrogens is 392 g/mol. The maximum Gasteiger partial charge on any atom is 0.343 e. The lowest BCUT2D eigenvalue weighted by molar-refractivity contribution is -0.123. The van der Waals surface area contributed by atoms with Crippen molar-refractivity contribution >= 4 is 45.7 Å². The molecule has 146 valence electrons. The number of primary amides is 1. The molecule has 0 fully saturated rings. The lowest BCUT2D eigenvalue weighted by Crippen LogP contribution is -2.30. The van der Waals surface area contributed by atoms with Crippen molar-refractivity contribution in [3.05, 3.63) is 33.4 Å². The standard InChI is InChI=1S/C17H21ClN4O4S/c1-4-5-7-22-13(18)12(9(2)21-22)17(25)26-10(3)15(24)20-16-11(14(19)23)6-8-27-16/h6,8,10H,4-5,7H2,1-3H3,(H2,19,23)(H,20,24)/t10-/m1/s1. The number of unbranched alkanes of at least 4 members (excludes halogenated alkanes) is 1. The molecule has 0 bridgehead atoms. The van der Waals surface area contributed by atoms with Crippen LogP contribution in [0.15, 0.2) is 11.4 Å². The van der Waals surface area contributed by atoms with E-state index in [9.17, 15) is 14.4 Å². The summed E-state index contributed by atoms with van der Waals surface area (Å²) in [7, 11) is 0. The van der Waals surface area contributed by atoms with Gasteiger partial charge in [-0.1, -0.05) is 24.9 Å². The molecule has 0 aliphatic carbocycles. The predicted molar refractivity (Wildman–Crippen MR) is 103 cm³/mol. The van der Waals surface area contributed by atoms with E-state index >= 15 is 0 Å². The third kappa shape index (κ3) is 4.86. The third-order valence-corrected chi connectivity index (χ3v) is 5.03. The van der Waals surface area contributed by atoms with Gasteiger partial charge in [-0.25, -0.2) is 4.79 Å². The summed E-state index contributed by atoms with van der Waals surface area (Å²) < 4.78 is 6.77. The van der Waals surface area contributed by atoms with Crippen LogP contribution in [0.1, 0.15) is 53.1 Å². The van der Waals surface area contributed by atoms with E-state index in [2.05, 4.69) is 10.4 Å². The van der Waals surface area contributed by atoms with Crippen LogP contribution < -0.4 is 11.1 Å². The fourth-order valence-corrected chi connectivity index (χ4v) is 3.46. The van der Waals surface area contributed by atoms with Crippen LogP contribution in [-0.2, 0) is 16.1 Å². The highest BCUT2D eigenvalue weighted by Crippen LogP contribution is 2.24. The Morgan fingerprint density at radius 3 is 2.78 bits per heavy atom. The number of nitrogens with two attached hydrogens (primary N) is 1. The van der Waals surface area contributed by atoms with Crippen LogP contribution in [0.4, 0.5) is 5.00 Å². The van der Waals surface area contributed by atoms with Gasteiger partial charge < -0.3 is 15.8 Å². The van der Waals surface area contributed by atoms with Crippen LogP contribution in [0.25, 0.3) is 0 Å². The Hall–Kier alpha value is -2.39. The number of amides is 2. The lowest BCUT2D eigenvalue weighted by atomic mass is 10.2. The number of carbonyl (C=O) groups is 3. The molecule has 2 heterocycles.